The van der Waals surface area contributed by atoms with Gasteiger partial charge in [0.15, 0.2) is 46.5 Å². The quantitative estimate of drug-likeness (QED) is 0.404. The van der Waals surface area contributed by atoms with Crippen LogP contribution in [0.2, 0.25) is 0 Å². The molecule has 2 rings (SSSR count). The van der Waals surface area contributed by atoms with Crippen LogP contribution in [0.4, 0.5) is 55.3 Å². The molecular formula is C16H6F10N2O2. The second kappa shape index (κ2) is 8.59. The van der Waals surface area contributed by atoms with Crippen LogP contribution < -0.4 is 10.6 Å². The van der Waals surface area contributed by atoms with Gasteiger partial charge >= 0.3 is 0 Å². The normalized spacial score (nSPS) is 10.9. The van der Waals surface area contributed by atoms with Crippen LogP contribution in [0.25, 0.3) is 0 Å². The van der Waals surface area contributed by atoms with E-state index < -0.39 is 94.2 Å². The van der Waals surface area contributed by atoms with Crippen molar-refractivity contribution in [3.63, 3.8) is 0 Å². The number of rotatable bonds is 5. The SMILES string of the molecule is O=C(CCC(=O)Nc1c(F)c(F)c(F)c(F)c1F)Nc1c(F)c(F)c(F)c(F)c1F. The van der Waals surface area contributed by atoms with E-state index in [9.17, 15) is 53.5 Å². The van der Waals surface area contributed by atoms with Crippen LogP contribution in [0, 0.1) is 58.2 Å². The van der Waals surface area contributed by atoms with Gasteiger partial charge in [-0.2, -0.15) is 0 Å². The summed E-state index contributed by atoms with van der Waals surface area (Å²) in [6.07, 6.45) is -2.05. The van der Waals surface area contributed by atoms with Gasteiger partial charge in [0.2, 0.25) is 23.4 Å². The van der Waals surface area contributed by atoms with E-state index in [0.717, 1.165) is 0 Å². The minimum atomic E-state index is -2.48. The fourth-order valence-electron chi connectivity index (χ4n) is 2.06. The average molecular weight is 448 g/mol. The Morgan fingerprint density at radius 2 is 0.633 bits per heavy atom. The van der Waals surface area contributed by atoms with Gasteiger partial charge in [-0.1, -0.05) is 0 Å². The predicted molar refractivity (Wildman–Crippen MR) is 79.0 cm³/mol. The summed E-state index contributed by atoms with van der Waals surface area (Å²) in [6, 6.07) is 0. The van der Waals surface area contributed by atoms with E-state index in [4.69, 9.17) is 0 Å². The molecule has 0 spiro atoms. The highest BCUT2D eigenvalue weighted by molar-refractivity contribution is 5.97. The van der Waals surface area contributed by atoms with Crippen LogP contribution in [0.5, 0.6) is 0 Å². The lowest BCUT2D eigenvalue weighted by Crippen LogP contribution is -2.21. The van der Waals surface area contributed by atoms with Crippen molar-refractivity contribution >= 4 is 23.2 Å². The Morgan fingerprint density at radius 3 is 0.867 bits per heavy atom. The Bertz CT molecular complexity index is 916. The first kappa shape index (κ1) is 23.0. The number of carbonyl (C=O) groups is 2. The molecule has 0 saturated heterocycles. The third-order valence-corrected chi connectivity index (χ3v) is 3.53. The zero-order chi connectivity index (χ0) is 22.9. The molecule has 0 aliphatic heterocycles. The molecule has 0 aliphatic carbocycles. The summed E-state index contributed by atoms with van der Waals surface area (Å²) < 4.78 is 132. The molecule has 0 aliphatic rings. The van der Waals surface area contributed by atoms with E-state index in [2.05, 4.69) is 0 Å². The van der Waals surface area contributed by atoms with Crippen LogP contribution in [-0.4, -0.2) is 11.8 Å². The molecule has 0 heterocycles. The van der Waals surface area contributed by atoms with E-state index in [1.54, 1.807) is 0 Å². The van der Waals surface area contributed by atoms with Gasteiger partial charge in [0, 0.05) is 12.8 Å². The predicted octanol–water partition coefficient (Wildman–Crippen LogP) is 4.43. The Morgan fingerprint density at radius 1 is 0.433 bits per heavy atom. The summed E-state index contributed by atoms with van der Waals surface area (Å²) in [5, 5.41) is 2.64. The van der Waals surface area contributed by atoms with Crippen molar-refractivity contribution in [2.75, 3.05) is 10.6 Å². The number of nitrogens with one attached hydrogen (secondary N) is 2. The highest BCUT2D eigenvalue weighted by atomic mass is 19.2. The first-order valence-electron chi connectivity index (χ1n) is 7.51. The Balaban J connectivity index is 2.10. The lowest BCUT2D eigenvalue weighted by molar-refractivity contribution is -0.121. The number of halogens is 10. The van der Waals surface area contributed by atoms with Gasteiger partial charge in [0.05, 0.1) is 0 Å². The van der Waals surface area contributed by atoms with Crippen molar-refractivity contribution in [3.8, 4) is 0 Å². The van der Waals surface area contributed by atoms with Crippen molar-refractivity contribution in [2.24, 2.45) is 0 Å². The molecule has 0 unspecified atom stereocenters. The van der Waals surface area contributed by atoms with Crippen LogP contribution in [0.1, 0.15) is 12.8 Å². The number of hydrogen-bond donors (Lipinski definition) is 2. The standard InChI is InChI=1S/C16H6F10N2O2/c17-5-7(19)11(23)15(12(24)8(5)20)27-3(29)1-2-4(30)28-16-13(25)9(21)6(18)10(22)14(16)26/h1-2H2,(H,27,29)(H,28,30). The second-order valence-corrected chi connectivity index (χ2v) is 5.49. The molecule has 30 heavy (non-hydrogen) atoms. The van der Waals surface area contributed by atoms with E-state index in [-0.39, 0.29) is 0 Å². The van der Waals surface area contributed by atoms with Crippen molar-refractivity contribution in [3.05, 3.63) is 58.2 Å². The van der Waals surface area contributed by atoms with Gasteiger partial charge in [-0.3, -0.25) is 9.59 Å². The Labute approximate surface area is 159 Å². The second-order valence-electron chi connectivity index (χ2n) is 5.49. The van der Waals surface area contributed by atoms with Gasteiger partial charge in [0.25, 0.3) is 0 Å². The molecule has 2 aromatic rings. The summed E-state index contributed by atoms with van der Waals surface area (Å²) in [4.78, 5) is 23.2. The minimum absolute atomic E-state index is 1.03. The third kappa shape index (κ3) is 4.16. The van der Waals surface area contributed by atoms with Crippen LogP contribution in [0.15, 0.2) is 0 Å². The molecule has 0 saturated carbocycles. The fraction of sp³-hybridized carbons (Fsp3) is 0.125. The smallest absolute Gasteiger partial charge is 0.225 e. The first-order chi connectivity index (χ1) is 13.9. The van der Waals surface area contributed by atoms with Crippen molar-refractivity contribution in [1.82, 2.24) is 0 Å². The maximum atomic E-state index is 13.4. The van der Waals surface area contributed by atoms with Gasteiger partial charge in [-0.25, -0.2) is 43.9 Å². The molecule has 2 N–H and O–H groups in total. The summed E-state index contributed by atoms with van der Waals surface area (Å²) >= 11 is 0. The maximum absolute atomic E-state index is 13.4. The zero-order valence-electron chi connectivity index (χ0n) is 14.0. The van der Waals surface area contributed by atoms with Crippen LogP contribution >= 0.6 is 0 Å². The Kier molecular flexibility index (Phi) is 6.57. The Hall–Kier alpha value is -3.32. The van der Waals surface area contributed by atoms with Gasteiger partial charge < -0.3 is 10.6 Å². The topological polar surface area (TPSA) is 58.2 Å². The minimum Gasteiger partial charge on any atom is -0.321 e. The number of carbonyl (C=O) groups excluding carboxylic acids is 2. The number of anilines is 2. The van der Waals surface area contributed by atoms with Gasteiger partial charge in [0.1, 0.15) is 11.4 Å². The molecular weight excluding hydrogens is 442 g/mol. The van der Waals surface area contributed by atoms with E-state index in [0.29, 0.717) is 0 Å². The fourth-order valence-corrected chi connectivity index (χ4v) is 2.06. The highest BCUT2D eigenvalue weighted by Gasteiger charge is 2.28. The first-order valence-corrected chi connectivity index (χ1v) is 7.51. The van der Waals surface area contributed by atoms with E-state index in [1.165, 1.54) is 10.6 Å². The molecule has 2 aromatic carbocycles. The third-order valence-electron chi connectivity index (χ3n) is 3.53. The number of amides is 2. The maximum Gasteiger partial charge on any atom is 0.225 e. The highest BCUT2D eigenvalue weighted by Crippen LogP contribution is 2.28. The zero-order valence-corrected chi connectivity index (χ0v) is 14.0. The van der Waals surface area contributed by atoms with Crippen LogP contribution in [0.3, 0.4) is 0 Å². The van der Waals surface area contributed by atoms with Crippen molar-refractivity contribution in [1.29, 1.82) is 0 Å². The van der Waals surface area contributed by atoms with Crippen molar-refractivity contribution < 1.29 is 53.5 Å². The molecule has 0 aromatic heterocycles. The molecule has 14 heteroatoms. The molecule has 2 amide bonds. The summed E-state index contributed by atoms with van der Waals surface area (Å²) in [5.74, 6) is -26.8. The number of hydrogen-bond acceptors (Lipinski definition) is 2. The van der Waals surface area contributed by atoms with Crippen molar-refractivity contribution in [2.45, 2.75) is 12.8 Å². The number of benzene rings is 2. The molecule has 0 bridgehead atoms. The molecule has 4 nitrogen and oxygen atoms in total. The van der Waals surface area contributed by atoms with Crippen LogP contribution in [-0.2, 0) is 9.59 Å². The van der Waals surface area contributed by atoms with Gasteiger partial charge in [-0.15, -0.1) is 0 Å². The molecule has 0 fully saturated rings. The summed E-state index contributed by atoms with van der Waals surface area (Å²) in [6.45, 7) is 0. The largest absolute Gasteiger partial charge is 0.321 e. The average Bonchev–Trinajstić information content (AvgIpc) is 2.72. The summed E-state index contributed by atoms with van der Waals surface area (Å²) in [7, 11) is 0. The molecule has 0 radical (unpaired) electrons. The lowest BCUT2D eigenvalue weighted by Gasteiger charge is -2.11. The van der Waals surface area contributed by atoms with Gasteiger partial charge in [-0.05, 0) is 0 Å². The van der Waals surface area contributed by atoms with E-state index >= 15 is 0 Å². The molecule has 162 valence electrons. The lowest BCUT2D eigenvalue weighted by atomic mass is 10.2. The monoisotopic (exact) mass is 448 g/mol. The molecule has 0 atom stereocenters. The summed E-state index contributed by atoms with van der Waals surface area (Å²) in [5.41, 5.74) is -3.42. The van der Waals surface area contributed by atoms with E-state index in [1.807, 2.05) is 0 Å².